The highest BCUT2D eigenvalue weighted by molar-refractivity contribution is 6.44. The van der Waals surface area contributed by atoms with Gasteiger partial charge < -0.3 is 20.5 Å². The van der Waals surface area contributed by atoms with Gasteiger partial charge in [0.1, 0.15) is 17.6 Å². The minimum Gasteiger partial charge on any atom is -0.368 e. The molecule has 1 aliphatic heterocycles. The van der Waals surface area contributed by atoms with Crippen LogP contribution >= 0.6 is 0 Å². The molecule has 4 rings (SSSR count). The molecule has 2 amide bonds. The number of rotatable bonds is 7. The van der Waals surface area contributed by atoms with E-state index in [9.17, 15) is 14.0 Å². The number of primary amides is 1. The number of aromatic nitrogens is 1. The number of hydrogen-bond acceptors (Lipinski definition) is 5. The van der Waals surface area contributed by atoms with Crippen molar-refractivity contribution in [3.8, 4) is 0 Å². The first-order chi connectivity index (χ1) is 15.3. The van der Waals surface area contributed by atoms with Crippen molar-refractivity contribution in [1.82, 2.24) is 9.47 Å². The number of halogens is 1. The molecule has 1 aromatic heterocycles. The molecule has 1 atom stereocenters. The molecule has 2 heterocycles. The van der Waals surface area contributed by atoms with Crippen molar-refractivity contribution >= 4 is 39.8 Å². The van der Waals surface area contributed by atoms with Crippen LogP contribution in [0, 0.1) is 5.82 Å². The summed E-state index contributed by atoms with van der Waals surface area (Å²) in [6.45, 7) is 1.79. The Morgan fingerprint density at radius 1 is 1.19 bits per heavy atom. The molecule has 1 unspecified atom stereocenters. The molecule has 0 spiro atoms. The molecular weight excluding hydrogens is 411 g/mol. The van der Waals surface area contributed by atoms with Gasteiger partial charge in [-0.1, -0.05) is 0 Å². The van der Waals surface area contributed by atoms with Crippen LogP contribution in [0.25, 0.3) is 10.9 Å². The SMILES string of the molecule is CN(C)CCn1ccc2cc(NC(=O)C3=NN(c4ccc(F)cc4)C(C(N)=O)C3)ccc21. The Morgan fingerprint density at radius 3 is 2.62 bits per heavy atom. The Balaban J connectivity index is 1.51. The number of nitrogens with zero attached hydrogens (tertiary/aromatic N) is 4. The van der Waals surface area contributed by atoms with Gasteiger partial charge in [0.15, 0.2) is 0 Å². The maximum absolute atomic E-state index is 13.3. The highest BCUT2D eigenvalue weighted by Crippen LogP contribution is 2.26. The Labute approximate surface area is 185 Å². The summed E-state index contributed by atoms with van der Waals surface area (Å²) in [6, 6.07) is 12.4. The Kier molecular flexibility index (Phi) is 5.91. The summed E-state index contributed by atoms with van der Waals surface area (Å²) < 4.78 is 15.4. The number of nitrogens with two attached hydrogens (primary N) is 1. The van der Waals surface area contributed by atoms with Crippen molar-refractivity contribution in [2.75, 3.05) is 31.0 Å². The van der Waals surface area contributed by atoms with E-state index < -0.39 is 23.7 Å². The fraction of sp³-hybridized carbons (Fsp3) is 0.261. The van der Waals surface area contributed by atoms with E-state index in [1.54, 1.807) is 0 Å². The first-order valence-electron chi connectivity index (χ1n) is 10.3. The summed E-state index contributed by atoms with van der Waals surface area (Å²) in [5.41, 5.74) is 7.89. The molecule has 166 valence electrons. The van der Waals surface area contributed by atoms with Crippen LogP contribution < -0.4 is 16.1 Å². The first kappa shape index (κ1) is 21.5. The van der Waals surface area contributed by atoms with Crippen LogP contribution in [-0.2, 0) is 16.1 Å². The number of fused-ring (bicyclic) bond motifs is 1. The fourth-order valence-corrected chi connectivity index (χ4v) is 3.68. The number of hydrogen-bond donors (Lipinski definition) is 2. The molecule has 0 radical (unpaired) electrons. The molecular formula is C23H25FN6O2. The van der Waals surface area contributed by atoms with Gasteiger partial charge in [-0.25, -0.2) is 4.39 Å². The number of likely N-dealkylation sites (N-methyl/N-ethyl adjacent to an activating group) is 1. The third-order valence-electron chi connectivity index (χ3n) is 5.41. The van der Waals surface area contributed by atoms with Gasteiger partial charge in [-0.15, -0.1) is 0 Å². The molecule has 0 aliphatic carbocycles. The fourth-order valence-electron chi connectivity index (χ4n) is 3.68. The number of carbonyl (C=O) groups is 2. The quantitative estimate of drug-likeness (QED) is 0.595. The topological polar surface area (TPSA) is 96.0 Å². The van der Waals surface area contributed by atoms with E-state index >= 15 is 0 Å². The van der Waals surface area contributed by atoms with E-state index in [2.05, 4.69) is 19.9 Å². The van der Waals surface area contributed by atoms with Crippen LogP contribution in [0.1, 0.15) is 6.42 Å². The van der Waals surface area contributed by atoms with E-state index in [0.717, 1.165) is 24.0 Å². The molecule has 0 saturated heterocycles. The highest BCUT2D eigenvalue weighted by Gasteiger charge is 2.35. The summed E-state index contributed by atoms with van der Waals surface area (Å²) in [6.07, 6.45) is 2.10. The second-order valence-corrected chi connectivity index (χ2v) is 8.03. The van der Waals surface area contributed by atoms with Crippen molar-refractivity contribution in [3.05, 3.63) is 60.5 Å². The lowest BCUT2D eigenvalue weighted by atomic mass is 10.1. The van der Waals surface area contributed by atoms with Crippen LogP contribution in [0.15, 0.2) is 59.8 Å². The van der Waals surface area contributed by atoms with Crippen LogP contribution in [-0.4, -0.2) is 53.7 Å². The number of nitrogens with one attached hydrogen (secondary N) is 1. The van der Waals surface area contributed by atoms with Crippen molar-refractivity contribution in [3.63, 3.8) is 0 Å². The minimum atomic E-state index is -0.811. The van der Waals surface area contributed by atoms with Crippen LogP contribution in [0.5, 0.6) is 0 Å². The summed E-state index contributed by atoms with van der Waals surface area (Å²) in [7, 11) is 4.07. The number of hydrazone groups is 1. The number of carbonyl (C=O) groups excluding carboxylic acids is 2. The molecule has 3 aromatic rings. The second kappa shape index (κ2) is 8.80. The minimum absolute atomic E-state index is 0.0711. The predicted octanol–water partition coefficient (Wildman–Crippen LogP) is 2.40. The van der Waals surface area contributed by atoms with Crippen LogP contribution in [0.2, 0.25) is 0 Å². The average molecular weight is 436 g/mol. The van der Waals surface area contributed by atoms with E-state index in [0.29, 0.717) is 11.4 Å². The van der Waals surface area contributed by atoms with Gasteiger partial charge in [-0.3, -0.25) is 14.6 Å². The Hall–Kier alpha value is -3.72. The van der Waals surface area contributed by atoms with Gasteiger partial charge in [-0.05, 0) is 62.6 Å². The molecule has 9 heteroatoms. The molecule has 8 nitrogen and oxygen atoms in total. The summed E-state index contributed by atoms with van der Waals surface area (Å²) in [5, 5.41) is 9.53. The van der Waals surface area contributed by atoms with E-state index in [1.807, 2.05) is 44.6 Å². The second-order valence-electron chi connectivity index (χ2n) is 8.03. The first-order valence-corrected chi connectivity index (χ1v) is 10.3. The van der Waals surface area contributed by atoms with Crippen molar-refractivity contribution < 1.29 is 14.0 Å². The predicted molar refractivity (Wildman–Crippen MR) is 123 cm³/mol. The number of anilines is 2. The maximum atomic E-state index is 13.3. The third-order valence-corrected chi connectivity index (χ3v) is 5.41. The van der Waals surface area contributed by atoms with Crippen molar-refractivity contribution in [1.29, 1.82) is 0 Å². The number of amides is 2. The summed E-state index contributed by atoms with van der Waals surface area (Å²) in [4.78, 5) is 26.9. The molecule has 32 heavy (non-hydrogen) atoms. The Morgan fingerprint density at radius 2 is 1.94 bits per heavy atom. The van der Waals surface area contributed by atoms with Gasteiger partial charge in [0.2, 0.25) is 5.91 Å². The van der Waals surface area contributed by atoms with Gasteiger partial charge in [0.05, 0.1) is 5.69 Å². The maximum Gasteiger partial charge on any atom is 0.271 e. The van der Waals surface area contributed by atoms with Gasteiger partial charge in [0.25, 0.3) is 5.91 Å². The van der Waals surface area contributed by atoms with Crippen LogP contribution in [0.4, 0.5) is 15.8 Å². The summed E-state index contributed by atoms with van der Waals surface area (Å²) in [5.74, 6) is -1.43. The zero-order valence-corrected chi connectivity index (χ0v) is 18.0. The smallest absolute Gasteiger partial charge is 0.271 e. The van der Waals surface area contributed by atoms with Gasteiger partial charge in [-0.2, -0.15) is 5.10 Å². The molecule has 2 aromatic carbocycles. The largest absolute Gasteiger partial charge is 0.368 e. The highest BCUT2D eigenvalue weighted by atomic mass is 19.1. The van der Waals surface area contributed by atoms with E-state index in [1.165, 1.54) is 29.3 Å². The van der Waals surface area contributed by atoms with Crippen molar-refractivity contribution in [2.45, 2.75) is 19.0 Å². The third kappa shape index (κ3) is 4.47. The molecule has 0 fully saturated rings. The molecule has 0 saturated carbocycles. The zero-order valence-electron chi connectivity index (χ0n) is 18.0. The number of benzene rings is 2. The summed E-state index contributed by atoms with van der Waals surface area (Å²) >= 11 is 0. The zero-order chi connectivity index (χ0) is 22.8. The Bertz CT molecular complexity index is 1180. The van der Waals surface area contributed by atoms with Crippen LogP contribution in [0.3, 0.4) is 0 Å². The van der Waals surface area contributed by atoms with Gasteiger partial charge >= 0.3 is 0 Å². The molecule has 1 aliphatic rings. The lowest BCUT2D eigenvalue weighted by molar-refractivity contribution is -0.119. The lowest BCUT2D eigenvalue weighted by Crippen LogP contribution is -2.39. The molecule has 3 N–H and O–H groups in total. The molecule has 0 bridgehead atoms. The normalized spacial score (nSPS) is 15.9. The van der Waals surface area contributed by atoms with E-state index in [4.69, 9.17) is 5.73 Å². The average Bonchev–Trinajstić information content (AvgIpc) is 3.37. The van der Waals surface area contributed by atoms with Gasteiger partial charge in [0, 0.05) is 42.3 Å². The van der Waals surface area contributed by atoms with E-state index in [-0.39, 0.29) is 12.1 Å². The van der Waals surface area contributed by atoms with Crippen molar-refractivity contribution in [2.24, 2.45) is 10.8 Å². The monoisotopic (exact) mass is 436 g/mol. The standard InChI is InChI=1S/C23H25FN6O2/c1-28(2)11-12-29-10-9-15-13-17(5-8-20(15)29)26-23(32)19-14-21(22(25)31)30(27-19)18-6-3-16(24)4-7-18/h3-10,13,21H,11-12,14H2,1-2H3,(H2,25,31)(H,26,32). The lowest BCUT2D eigenvalue weighted by Gasteiger charge is -2.20.